The summed E-state index contributed by atoms with van der Waals surface area (Å²) in [6, 6.07) is 12.4. The Kier molecular flexibility index (Phi) is 16.5. The van der Waals surface area contributed by atoms with Crippen molar-refractivity contribution in [3.8, 4) is 17.2 Å². The molecule has 2 aromatic carbocycles. The number of unbranched alkanes of at least 4 members (excludes halogenated alkanes) is 2. The topological polar surface area (TPSA) is 158 Å². The molecular weight excluding hydrogens is 767 g/mol. The second-order valence-corrected chi connectivity index (χ2v) is 16.2. The minimum absolute atomic E-state index is 0.0211. The van der Waals surface area contributed by atoms with Gasteiger partial charge in [-0.15, -0.1) is 6.58 Å². The molecule has 2 aliphatic heterocycles. The first-order valence-electron chi connectivity index (χ1n) is 22.0. The van der Waals surface area contributed by atoms with Crippen LogP contribution in [-0.4, -0.2) is 97.6 Å². The van der Waals surface area contributed by atoms with Crippen LogP contribution in [0.5, 0.6) is 17.2 Å². The van der Waals surface area contributed by atoms with Crippen LogP contribution in [0.2, 0.25) is 0 Å². The lowest BCUT2D eigenvalue weighted by Gasteiger charge is -2.60. The molecule has 13 heteroatoms. The maximum Gasteiger partial charge on any atom is 0.412 e. The summed E-state index contributed by atoms with van der Waals surface area (Å²) >= 11 is 0. The van der Waals surface area contributed by atoms with Crippen LogP contribution in [0, 0.1) is 17.8 Å². The SMILES string of the molecule is C=CCOC12Oc3ccc(OC(=O)NCC)cc3C3C(CCCCO)C(CCCCO)C=C(C(=NOC4CCCCO4)CC1N(CCC)C(=O)Cc1cccc(OC)c1)C32. The van der Waals surface area contributed by atoms with Gasteiger partial charge in [0.2, 0.25) is 18.0 Å². The van der Waals surface area contributed by atoms with Crippen molar-refractivity contribution in [3.05, 3.63) is 77.9 Å². The summed E-state index contributed by atoms with van der Waals surface area (Å²) in [6.07, 6.45) is 11.2. The van der Waals surface area contributed by atoms with Gasteiger partial charge in [0.1, 0.15) is 23.3 Å². The van der Waals surface area contributed by atoms with Crippen molar-refractivity contribution >= 4 is 17.7 Å². The molecule has 3 N–H and O–H groups in total. The second kappa shape index (κ2) is 21.9. The summed E-state index contributed by atoms with van der Waals surface area (Å²) in [7, 11) is 1.61. The normalized spacial score (nSPS) is 26.1. The van der Waals surface area contributed by atoms with Crippen molar-refractivity contribution in [1.82, 2.24) is 10.2 Å². The quantitative estimate of drug-likeness (QED) is 0.0656. The monoisotopic (exact) mass is 831 g/mol. The van der Waals surface area contributed by atoms with E-state index in [0.717, 1.165) is 61.6 Å². The Labute approximate surface area is 355 Å². The average Bonchev–Trinajstić information content (AvgIpc) is 3.26. The lowest BCUT2D eigenvalue weighted by atomic mass is 9.55. The number of fused-ring (bicyclic) bond motifs is 2. The van der Waals surface area contributed by atoms with Crippen LogP contribution >= 0.6 is 0 Å². The van der Waals surface area contributed by atoms with Gasteiger partial charge in [-0.25, -0.2) is 4.79 Å². The number of nitrogens with one attached hydrogen (secondary N) is 1. The number of amides is 2. The van der Waals surface area contributed by atoms with Crippen LogP contribution < -0.4 is 19.5 Å². The molecule has 2 fully saturated rings. The van der Waals surface area contributed by atoms with Crippen molar-refractivity contribution < 1.29 is 48.3 Å². The molecule has 0 radical (unpaired) electrons. The minimum Gasteiger partial charge on any atom is -0.497 e. The first kappa shape index (κ1) is 45.1. The fraction of sp³-hybridized carbons (Fsp3) is 0.596. The summed E-state index contributed by atoms with van der Waals surface area (Å²) in [4.78, 5) is 35.8. The molecule has 1 saturated heterocycles. The zero-order valence-electron chi connectivity index (χ0n) is 35.7. The third-order valence-corrected chi connectivity index (χ3v) is 12.2. The number of aliphatic hydroxyl groups excluding tert-OH is 2. The van der Waals surface area contributed by atoms with Crippen molar-refractivity contribution in [1.29, 1.82) is 0 Å². The lowest BCUT2D eigenvalue weighted by Crippen LogP contribution is -2.70. The molecule has 6 rings (SSSR count). The molecule has 13 nitrogen and oxygen atoms in total. The maximum absolute atomic E-state index is 14.9. The first-order valence-corrected chi connectivity index (χ1v) is 22.0. The van der Waals surface area contributed by atoms with Crippen molar-refractivity contribution in [3.63, 3.8) is 0 Å². The van der Waals surface area contributed by atoms with Gasteiger partial charge < -0.3 is 49.0 Å². The molecular formula is C47H65N3O10. The summed E-state index contributed by atoms with van der Waals surface area (Å²) in [5.41, 5.74) is 3.33. The number of aliphatic hydroxyl groups is 2. The molecule has 2 aromatic rings. The van der Waals surface area contributed by atoms with E-state index in [-0.39, 0.29) is 56.3 Å². The van der Waals surface area contributed by atoms with Gasteiger partial charge in [0, 0.05) is 50.6 Å². The molecule has 2 aliphatic carbocycles. The largest absolute Gasteiger partial charge is 0.497 e. The highest BCUT2D eigenvalue weighted by molar-refractivity contribution is 6.03. The first-order chi connectivity index (χ1) is 29.3. The van der Waals surface area contributed by atoms with Crippen LogP contribution in [0.15, 0.2) is 71.9 Å². The van der Waals surface area contributed by atoms with Gasteiger partial charge in [0.15, 0.2) is 0 Å². The number of oxime groups is 1. The van der Waals surface area contributed by atoms with Crippen LogP contribution in [0.25, 0.3) is 0 Å². The zero-order chi connectivity index (χ0) is 42.5. The number of benzene rings is 2. The van der Waals surface area contributed by atoms with E-state index in [9.17, 15) is 19.8 Å². The molecule has 1 saturated carbocycles. The third-order valence-electron chi connectivity index (χ3n) is 12.2. The number of allylic oxidation sites excluding steroid dienone is 1. The molecule has 7 unspecified atom stereocenters. The Balaban J connectivity index is 1.57. The van der Waals surface area contributed by atoms with Gasteiger partial charge in [-0.05, 0) is 105 Å². The van der Waals surface area contributed by atoms with Gasteiger partial charge in [0.25, 0.3) is 0 Å². The lowest BCUT2D eigenvalue weighted by molar-refractivity contribution is -0.257. The molecule has 2 amide bonds. The number of ether oxygens (including phenoxy) is 5. The molecule has 4 aliphatic rings. The highest BCUT2D eigenvalue weighted by atomic mass is 16.8. The number of hydrogen-bond acceptors (Lipinski definition) is 11. The van der Waals surface area contributed by atoms with Crippen molar-refractivity contribution in [2.45, 2.75) is 115 Å². The molecule has 2 heterocycles. The Hall–Kier alpha value is -4.43. The predicted octanol–water partition coefficient (Wildman–Crippen LogP) is 7.45. The van der Waals surface area contributed by atoms with E-state index in [2.05, 4.69) is 24.9 Å². The molecule has 0 aromatic heterocycles. The highest BCUT2D eigenvalue weighted by Crippen LogP contribution is 2.62. The van der Waals surface area contributed by atoms with Gasteiger partial charge in [-0.2, -0.15) is 0 Å². The highest BCUT2D eigenvalue weighted by Gasteiger charge is 2.65. The van der Waals surface area contributed by atoms with Gasteiger partial charge in [0.05, 0.1) is 38.4 Å². The van der Waals surface area contributed by atoms with E-state index in [1.165, 1.54) is 0 Å². The van der Waals surface area contributed by atoms with E-state index >= 15 is 0 Å². The summed E-state index contributed by atoms with van der Waals surface area (Å²) in [6.45, 7) is 9.70. The van der Waals surface area contributed by atoms with E-state index in [1.54, 1.807) is 19.3 Å². The average molecular weight is 832 g/mol. The number of hydrogen-bond donors (Lipinski definition) is 3. The fourth-order valence-electron chi connectivity index (χ4n) is 9.67. The van der Waals surface area contributed by atoms with E-state index in [4.69, 9.17) is 33.7 Å². The van der Waals surface area contributed by atoms with E-state index in [1.807, 2.05) is 48.2 Å². The van der Waals surface area contributed by atoms with Crippen LogP contribution in [0.1, 0.15) is 102 Å². The smallest absolute Gasteiger partial charge is 0.412 e. The summed E-state index contributed by atoms with van der Waals surface area (Å²) in [5, 5.41) is 27.5. The maximum atomic E-state index is 14.9. The Morgan fingerprint density at radius 1 is 1.05 bits per heavy atom. The predicted molar refractivity (Wildman–Crippen MR) is 228 cm³/mol. The molecule has 0 bridgehead atoms. The van der Waals surface area contributed by atoms with Gasteiger partial charge in [-0.3, -0.25) is 4.79 Å². The van der Waals surface area contributed by atoms with E-state index < -0.39 is 30.1 Å². The standard InChI is InChI=1S/C47H65N3O10/c1-5-22-50(42(53)28-32-15-14-17-34(27-32)55-4)41-31-39(49-60-43-19-10-13-26-56-43)37-29-33(16-8-11-23-51)36(18-9-12-24-52)44-38-30-35(58-46(54)48-7-3)20-21-40(38)59-47(41,45(37)44)57-25-6-2/h6,14-15,17,20-21,27,29-30,33,36,41,43-45,51-52H,2,5,7-13,16,18-19,22-26,28,31H2,1,3-4H3,(H,48,54). The molecule has 60 heavy (non-hydrogen) atoms. The summed E-state index contributed by atoms with van der Waals surface area (Å²) < 4.78 is 31.7. The van der Waals surface area contributed by atoms with Crippen LogP contribution in [0.4, 0.5) is 4.79 Å². The fourth-order valence-corrected chi connectivity index (χ4v) is 9.67. The Morgan fingerprint density at radius 2 is 1.87 bits per heavy atom. The van der Waals surface area contributed by atoms with Gasteiger partial charge >= 0.3 is 6.09 Å². The van der Waals surface area contributed by atoms with Crippen LogP contribution in [-0.2, 0) is 25.5 Å². The third kappa shape index (κ3) is 10.4. The summed E-state index contributed by atoms with van der Waals surface area (Å²) in [5.74, 6) is -0.529. The Bertz CT molecular complexity index is 1810. The molecule has 7 atom stereocenters. The second-order valence-electron chi connectivity index (χ2n) is 16.2. The minimum atomic E-state index is -1.40. The number of methoxy groups -OCH3 is 1. The van der Waals surface area contributed by atoms with Crippen LogP contribution in [0.3, 0.4) is 0 Å². The van der Waals surface area contributed by atoms with Crippen molar-refractivity contribution in [2.24, 2.45) is 22.9 Å². The number of nitrogens with zero attached hydrogens (tertiary/aromatic N) is 2. The number of carbonyl (C=O) groups is 2. The Morgan fingerprint density at radius 3 is 2.58 bits per heavy atom. The number of rotatable bonds is 21. The molecule has 328 valence electrons. The number of carbonyl (C=O) groups excluding carboxylic acids is 2. The van der Waals surface area contributed by atoms with E-state index in [0.29, 0.717) is 61.9 Å². The zero-order valence-corrected chi connectivity index (χ0v) is 35.7. The van der Waals surface area contributed by atoms with Gasteiger partial charge in [-0.1, -0.05) is 49.2 Å². The van der Waals surface area contributed by atoms with Crippen molar-refractivity contribution in [2.75, 3.05) is 46.6 Å². The molecule has 0 spiro atoms.